The van der Waals surface area contributed by atoms with Crippen LogP contribution in [0.3, 0.4) is 0 Å². The minimum Gasteiger partial charge on any atom is -0.304 e. The zero-order valence-corrected chi connectivity index (χ0v) is 10.3. The first kappa shape index (κ1) is 10.8. The third-order valence-electron chi connectivity index (χ3n) is 3.06. The second-order valence-corrected chi connectivity index (χ2v) is 4.58. The van der Waals surface area contributed by atoms with E-state index in [1.54, 1.807) is 28.1 Å². The van der Waals surface area contributed by atoms with Crippen molar-refractivity contribution in [1.29, 1.82) is 0 Å². The summed E-state index contributed by atoms with van der Waals surface area (Å²) >= 11 is 0. The molecule has 5 nitrogen and oxygen atoms in total. The average molecular weight is 242 g/mol. The van der Waals surface area contributed by atoms with Gasteiger partial charge in [0, 0.05) is 12.4 Å². The molecule has 2 aromatic heterocycles. The molecule has 18 heavy (non-hydrogen) atoms. The topological polar surface area (TPSA) is 55.6 Å². The van der Waals surface area contributed by atoms with Gasteiger partial charge >= 0.3 is 5.69 Å². The molecule has 3 aromatic rings. The van der Waals surface area contributed by atoms with E-state index in [1.807, 2.05) is 18.2 Å². The number of imidazole rings is 2. The van der Waals surface area contributed by atoms with Crippen molar-refractivity contribution < 1.29 is 0 Å². The Hall–Kier alpha value is -2.30. The molecule has 1 N–H and O–H groups in total. The number of nitrogens with zero attached hydrogens (tertiary/aromatic N) is 3. The highest BCUT2D eigenvalue weighted by atomic mass is 16.2. The van der Waals surface area contributed by atoms with Crippen LogP contribution in [0.1, 0.15) is 25.3 Å². The molecule has 0 aliphatic carbocycles. The van der Waals surface area contributed by atoms with Gasteiger partial charge in [0.25, 0.3) is 0 Å². The van der Waals surface area contributed by atoms with Crippen molar-refractivity contribution in [2.45, 2.75) is 19.8 Å². The van der Waals surface area contributed by atoms with E-state index in [2.05, 4.69) is 23.8 Å². The zero-order valence-electron chi connectivity index (χ0n) is 10.3. The van der Waals surface area contributed by atoms with Crippen molar-refractivity contribution in [2.75, 3.05) is 0 Å². The fourth-order valence-electron chi connectivity index (χ4n) is 2.22. The lowest BCUT2D eigenvalue weighted by Crippen LogP contribution is -2.22. The number of para-hydroxylation sites is 1. The number of aromatic nitrogens is 4. The summed E-state index contributed by atoms with van der Waals surface area (Å²) in [5.41, 5.74) is 2.74. The van der Waals surface area contributed by atoms with Gasteiger partial charge in [0.05, 0.1) is 11.0 Å². The third kappa shape index (κ3) is 1.48. The lowest BCUT2D eigenvalue weighted by Gasteiger charge is -2.10. The van der Waals surface area contributed by atoms with E-state index in [0.29, 0.717) is 5.92 Å². The molecule has 92 valence electrons. The molecule has 0 atom stereocenters. The summed E-state index contributed by atoms with van der Waals surface area (Å²) in [6.07, 6.45) is 5.03. The van der Waals surface area contributed by atoms with Gasteiger partial charge in [-0.05, 0) is 17.5 Å². The quantitative estimate of drug-likeness (QED) is 0.746. The number of benzene rings is 1. The Labute approximate surface area is 104 Å². The summed E-state index contributed by atoms with van der Waals surface area (Å²) in [7, 11) is 0. The molecular formula is C13H14N4O. The SMILES string of the molecule is CC(C)c1cccc2[nH]c(=O)n(-n3ccnc3)c12. The van der Waals surface area contributed by atoms with Gasteiger partial charge in [-0.15, -0.1) is 0 Å². The molecule has 0 saturated carbocycles. The van der Waals surface area contributed by atoms with E-state index in [-0.39, 0.29) is 5.69 Å². The fourth-order valence-corrected chi connectivity index (χ4v) is 2.22. The van der Waals surface area contributed by atoms with Crippen LogP contribution < -0.4 is 5.69 Å². The van der Waals surface area contributed by atoms with Gasteiger partial charge in [0.15, 0.2) is 0 Å². The van der Waals surface area contributed by atoms with Crippen LogP contribution in [-0.4, -0.2) is 19.3 Å². The maximum Gasteiger partial charge on any atom is 0.345 e. The first-order chi connectivity index (χ1) is 8.68. The largest absolute Gasteiger partial charge is 0.345 e. The molecule has 3 rings (SSSR count). The molecular weight excluding hydrogens is 228 g/mol. The molecule has 1 aromatic carbocycles. The molecule has 0 fully saturated rings. The van der Waals surface area contributed by atoms with Gasteiger partial charge in [-0.3, -0.25) is 0 Å². The fraction of sp³-hybridized carbons (Fsp3) is 0.231. The van der Waals surface area contributed by atoms with Crippen molar-refractivity contribution in [3.05, 3.63) is 53.0 Å². The molecule has 0 unspecified atom stereocenters. The van der Waals surface area contributed by atoms with E-state index in [9.17, 15) is 4.79 Å². The standard InChI is InChI=1S/C13H14N4O/c1-9(2)10-4-3-5-11-12(10)17(13(18)15-11)16-7-6-14-8-16/h3-9H,1-2H3,(H,15,18). The van der Waals surface area contributed by atoms with E-state index < -0.39 is 0 Å². The number of rotatable bonds is 2. The average Bonchev–Trinajstić information content (AvgIpc) is 2.93. The van der Waals surface area contributed by atoms with Crippen molar-refractivity contribution in [1.82, 2.24) is 19.3 Å². The van der Waals surface area contributed by atoms with Crippen molar-refractivity contribution in [3.8, 4) is 0 Å². The lowest BCUT2D eigenvalue weighted by molar-refractivity contribution is 0.648. The van der Waals surface area contributed by atoms with Crippen LogP contribution in [0, 0.1) is 0 Å². The highest BCUT2D eigenvalue weighted by Crippen LogP contribution is 2.23. The normalized spacial score (nSPS) is 11.5. The summed E-state index contributed by atoms with van der Waals surface area (Å²) in [4.78, 5) is 18.9. The summed E-state index contributed by atoms with van der Waals surface area (Å²) in [6.45, 7) is 4.23. The smallest absolute Gasteiger partial charge is 0.304 e. The summed E-state index contributed by atoms with van der Waals surface area (Å²) in [5, 5.41) is 0. The molecule has 0 amide bonds. The lowest BCUT2D eigenvalue weighted by atomic mass is 10.0. The minimum absolute atomic E-state index is 0.156. The number of hydrogen-bond donors (Lipinski definition) is 1. The minimum atomic E-state index is -0.156. The van der Waals surface area contributed by atoms with Gasteiger partial charge in [0.1, 0.15) is 6.33 Å². The summed E-state index contributed by atoms with van der Waals surface area (Å²) in [6, 6.07) is 5.93. The molecule has 0 aliphatic rings. The van der Waals surface area contributed by atoms with Gasteiger partial charge in [-0.1, -0.05) is 26.0 Å². The molecule has 0 radical (unpaired) electrons. The Kier molecular flexibility index (Phi) is 2.33. The maximum absolute atomic E-state index is 12.1. The van der Waals surface area contributed by atoms with Crippen LogP contribution in [0.5, 0.6) is 0 Å². The molecule has 5 heteroatoms. The molecule has 0 saturated heterocycles. The van der Waals surface area contributed by atoms with Gasteiger partial charge < -0.3 is 4.98 Å². The van der Waals surface area contributed by atoms with Crippen LogP contribution in [0.2, 0.25) is 0 Å². The predicted molar refractivity (Wildman–Crippen MR) is 69.7 cm³/mol. The number of H-pyrrole nitrogens is 1. The molecule has 0 spiro atoms. The van der Waals surface area contributed by atoms with Crippen molar-refractivity contribution >= 4 is 11.0 Å². The number of fused-ring (bicyclic) bond motifs is 1. The Morgan fingerprint density at radius 3 is 2.83 bits per heavy atom. The third-order valence-corrected chi connectivity index (χ3v) is 3.06. The van der Waals surface area contributed by atoms with Crippen LogP contribution >= 0.6 is 0 Å². The van der Waals surface area contributed by atoms with Crippen molar-refractivity contribution in [3.63, 3.8) is 0 Å². The highest BCUT2D eigenvalue weighted by Gasteiger charge is 2.13. The Balaban J connectivity index is 2.44. The van der Waals surface area contributed by atoms with Gasteiger partial charge in [0.2, 0.25) is 0 Å². The van der Waals surface area contributed by atoms with E-state index in [1.165, 1.54) is 0 Å². The second kappa shape index (κ2) is 3.87. The van der Waals surface area contributed by atoms with Gasteiger partial charge in [-0.2, -0.15) is 4.68 Å². The summed E-state index contributed by atoms with van der Waals surface area (Å²) in [5.74, 6) is 0.346. The maximum atomic E-state index is 12.1. The molecule has 0 bridgehead atoms. The first-order valence-electron chi connectivity index (χ1n) is 5.90. The number of nitrogens with one attached hydrogen (secondary N) is 1. The van der Waals surface area contributed by atoms with Crippen LogP contribution in [0.15, 0.2) is 41.7 Å². The zero-order chi connectivity index (χ0) is 12.7. The van der Waals surface area contributed by atoms with E-state index >= 15 is 0 Å². The highest BCUT2D eigenvalue weighted by molar-refractivity contribution is 5.79. The number of aromatic amines is 1. The Morgan fingerprint density at radius 1 is 1.33 bits per heavy atom. The molecule has 2 heterocycles. The number of hydrogen-bond acceptors (Lipinski definition) is 2. The molecule has 0 aliphatic heterocycles. The first-order valence-corrected chi connectivity index (χ1v) is 5.90. The van der Waals surface area contributed by atoms with E-state index in [4.69, 9.17) is 0 Å². The van der Waals surface area contributed by atoms with E-state index in [0.717, 1.165) is 16.6 Å². The Bertz CT molecular complexity index is 734. The second-order valence-electron chi connectivity index (χ2n) is 4.58. The van der Waals surface area contributed by atoms with Crippen LogP contribution in [-0.2, 0) is 0 Å². The van der Waals surface area contributed by atoms with Crippen LogP contribution in [0.25, 0.3) is 11.0 Å². The monoisotopic (exact) mass is 242 g/mol. The summed E-state index contributed by atoms with van der Waals surface area (Å²) < 4.78 is 3.30. The van der Waals surface area contributed by atoms with Gasteiger partial charge in [-0.25, -0.2) is 14.5 Å². The Morgan fingerprint density at radius 2 is 2.17 bits per heavy atom. The van der Waals surface area contributed by atoms with Crippen LogP contribution in [0.4, 0.5) is 0 Å². The van der Waals surface area contributed by atoms with Crippen molar-refractivity contribution in [2.24, 2.45) is 0 Å². The predicted octanol–water partition coefficient (Wildman–Crippen LogP) is 1.96.